The van der Waals surface area contributed by atoms with Crippen LogP contribution in [0, 0.1) is 17.0 Å². The van der Waals surface area contributed by atoms with Crippen LogP contribution in [0.2, 0.25) is 0 Å². The third-order valence-electron chi connectivity index (χ3n) is 2.70. The molecule has 1 rings (SSSR count). The van der Waals surface area contributed by atoms with Crippen LogP contribution in [-0.4, -0.2) is 17.8 Å². The molecule has 0 aromatic heterocycles. The molecule has 1 amide bonds. The fourth-order valence-electron chi connectivity index (χ4n) is 1.86. The van der Waals surface area contributed by atoms with Gasteiger partial charge in [0.25, 0.3) is 0 Å². The van der Waals surface area contributed by atoms with Gasteiger partial charge < -0.3 is 5.32 Å². The fraction of sp³-hybridized carbons (Fsp3) is 0.533. The lowest BCUT2D eigenvalue weighted by Gasteiger charge is -2.22. The van der Waals surface area contributed by atoms with Crippen molar-refractivity contribution < 1.29 is 13.6 Å². The highest BCUT2D eigenvalue weighted by Gasteiger charge is 2.17. The van der Waals surface area contributed by atoms with E-state index in [9.17, 15) is 13.6 Å². The SMILES string of the molecule is CC(C)(C)CC(Cl)CNC(=O)Cc1ccc(F)c(F)c1. The van der Waals surface area contributed by atoms with Gasteiger partial charge in [0.05, 0.1) is 11.8 Å². The normalized spacial score (nSPS) is 13.1. The quantitative estimate of drug-likeness (QED) is 0.826. The molecule has 5 heteroatoms. The van der Waals surface area contributed by atoms with Gasteiger partial charge in [0.2, 0.25) is 5.91 Å². The summed E-state index contributed by atoms with van der Waals surface area (Å²) in [4.78, 5) is 11.7. The molecule has 0 fully saturated rings. The number of benzene rings is 1. The average Bonchev–Trinajstić information content (AvgIpc) is 2.29. The molecule has 0 spiro atoms. The van der Waals surface area contributed by atoms with Crippen molar-refractivity contribution in [3.63, 3.8) is 0 Å². The van der Waals surface area contributed by atoms with Gasteiger partial charge in [0.15, 0.2) is 11.6 Å². The van der Waals surface area contributed by atoms with E-state index >= 15 is 0 Å². The third kappa shape index (κ3) is 6.33. The first-order valence-corrected chi connectivity index (χ1v) is 6.96. The second-order valence-corrected chi connectivity index (χ2v) is 6.71. The number of carbonyl (C=O) groups excluding carboxylic acids is 1. The number of carbonyl (C=O) groups is 1. The largest absolute Gasteiger partial charge is 0.354 e. The summed E-state index contributed by atoms with van der Waals surface area (Å²) >= 11 is 6.13. The van der Waals surface area contributed by atoms with Crippen LogP contribution in [0.25, 0.3) is 0 Å². The molecule has 0 radical (unpaired) electrons. The first-order chi connectivity index (χ1) is 9.17. The molecule has 0 bridgehead atoms. The smallest absolute Gasteiger partial charge is 0.224 e. The Hall–Kier alpha value is -1.16. The van der Waals surface area contributed by atoms with E-state index < -0.39 is 11.6 Å². The molecule has 0 aliphatic carbocycles. The van der Waals surface area contributed by atoms with Gasteiger partial charge in [0, 0.05) is 6.54 Å². The van der Waals surface area contributed by atoms with E-state index in [0.717, 1.165) is 18.6 Å². The molecule has 1 unspecified atom stereocenters. The molecule has 0 saturated carbocycles. The molecule has 1 N–H and O–H groups in total. The van der Waals surface area contributed by atoms with Gasteiger partial charge in [0.1, 0.15) is 0 Å². The molecule has 0 aliphatic rings. The summed E-state index contributed by atoms with van der Waals surface area (Å²) in [7, 11) is 0. The maximum atomic E-state index is 13.0. The summed E-state index contributed by atoms with van der Waals surface area (Å²) in [6.45, 7) is 6.59. The van der Waals surface area contributed by atoms with E-state index in [1.807, 2.05) is 0 Å². The number of alkyl halides is 1. The van der Waals surface area contributed by atoms with Crippen LogP contribution in [0.15, 0.2) is 18.2 Å². The van der Waals surface area contributed by atoms with Crippen molar-refractivity contribution in [1.29, 1.82) is 0 Å². The van der Waals surface area contributed by atoms with E-state index in [0.29, 0.717) is 12.1 Å². The van der Waals surface area contributed by atoms with Gasteiger partial charge in [-0.25, -0.2) is 8.78 Å². The van der Waals surface area contributed by atoms with E-state index in [1.165, 1.54) is 6.07 Å². The van der Waals surface area contributed by atoms with Crippen molar-refractivity contribution >= 4 is 17.5 Å². The zero-order valence-electron chi connectivity index (χ0n) is 12.0. The highest BCUT2D eigenvalue weighted by molar-refractivity contribution is 6.20. The zero-order chi connectivity index (χ0) is 15.3. The summed E-state index contributed by atoms with van der Waals surface area (Å²) in [6.07, 6.45) is 0.788. The average molecular weight is 304 g/mol. The Morgan fingerprint density at radius 2 is 1.95 bits per heavy atom. The van der Waals surface area contributed by atoms with Crippen LogP contribution in [-0.2, 0) is 11.2 Å². The van der Waals surface area contributed by atoms with Crippen LogP contribution in [0.4, 0.5) is 8.78 Å². The number of hydrogen-bond acceptors (Lipinski definition) is 1. The van der Waals surface area contributed by atoms with Crippen molar-refractivity contribution in [2.45, 2.75) is 39.0 Å². The van der Waals surface area contributed by atoms with Crippen molar-refractivity contribution in [2.24, 2.45) is 5.41 Å². The van der Waals surface area contributed by atoms with Crippen molar-refractivity contribution in [1.82, 2.24) is 5.32 Å². The molecule has 1 aromatic rings. The summed E-state index contributed by atoms with van der Waals surface area (Å²) in [6, 6.07) is 3.44. The van der Waals surface area contributed by atoms with Crippen LogP contribution in [0.5, 0.6) is 0 Å². The molecule has 2 nitrogen and oxygen atoms in total. The lowest BCUT2D eigenvalue weighted by Crippen LogP contribution is -2.32. The molecule has 1 atom stereocenters. The summed E-state index contributed by atoms with van der Waals surface area (Å²) < 4.78 is 25.8. The summed E-state index contributed by atoms with van der Waals surface area (Å²) in [5.41, 5.74) is 0.528. The number of rotatable bonds is 5. The Morgan fingerprint density at radius 1 is 1.30 bits per heavy atom. The minimum absolute atomic E-state index is 0.0102. The van der Waals surface area contributed by atoms with Crippen LogP contribution in [0.1, 0.15) is 32.8 Å². The Kier molecular flexibility index (Phi) is 5.93. The Morgan fingerprint density at radius 3 is 2.50 bits per heavy atom. The molecule has 112 valence electrons. The van der Waals surface area contributed by atoms with Crippen LogP contribution in [0.3, 0.4) is 0 Å². The predicted molar refractivity (Wildman–Crippen MR) is 76.8 cm³/mol. The van der Waals surface area contributed by atoms with Gasteiger partial charge in [-0.15, -0.1) is 11.6 Å². The van der Waals surface area contributed by atoms with E-state index in [1.54, 1.807) is 0 Å². The number of amides is 1. The van der Waals surface area contributed by atoms with Gasteiger partial charge in [-0.1, -0.05) is 26.8 Å². The van der Waals surface area contributed by atoms with Crippen LogP contribution >= 0.6 is 11.6 Å². The van der Waals surface area contributed by atoms with Crippen molar-refractivity contribution in [3.8, 4) is 0 Å². The van der Waals surface area contributed by atoms with Gasteiger partial charge >= 0.3 is 0 Å². The lowest BCUT2D eigenvalue weighted by molar-refractivity contribution is -0.120. The van der Waals surface area contributed by atoms with Crippen molar-refractivity contribution in [3.05, 3.63) is 35.4 Å². The monoisotopic (exact) mass is 303 g/mol. The van der Waals surface area contributed by atoms with E-state index in [4.69, 9.17) is 11.6 Å². The standard InChI is InChI=1S/C15H20ClF2NO/c1-15(2,3)8-11(16)9-19-14(20)7-10-4-5-12(17)13(18)6-10/h4-6,11H,7-9H2,1-3H3,(H,19,20). The zero-order valence-corrected chi connectivity index (χ0v) is 12.7. The topological polar surface area (TPSA) is 29.1 Å². The third-order valence-corrected chi connectivity index (χ3v) is 3.01. The van der Waals surface area contributed by atoms with Gasteiger partial charge in [-0.2, -0.15) is 0 Å². The predicted octanol–water partition coefficient (Wildman–Crippen LogP) is 3.67. The second kappa shape index (κ2) is 7.02. The maximum Gasteiger partial charge on any atom is 0.224 e. The highest BCUT2D eigenvalue weighted by atomic mass is 35.5. The Balaban J connectivity index is 2.42. The number of hydrogen-bond donors (Lipinski definition) is 1. The highest BCUT2D eigenvalue weighted by Crippen LogP contribution is 2.23. The molecule has 0 heterocycles. The maximum absolute atomic E-state index is 13.0. The fourth-order valence-corrected chi connectivity index (χ4v) is 2.40. The Bertz CT molecular complexity index is 471. The van der Waals surface area contributed by atoms with Gasteiger partial charge in [-0.3, -0.25) is 4.79 Å². The molecule has 1 aromatic carbocycles. The minimum Gasteiger partial charge on any atom is -0.354 e. The lowest BCUT2D eigenvalue weighted by atomic mass is 9.90. The Labute approximate surface area is 123 Å². The minimum atomic E-state index is -0.946. The molecule has 0 aliphatic heterocycles. The summed E-state index contributed by atoms with van der Waals surface area (Å²) in [5, 5.41) is 2.55. The first kappa shape index (κ1) is 16.9. The molecular formula is C15H20ClF2NO. The van der Waals surface area contributed by atoms with Crippen LogP contribution < -0.4 is 5.32 Å². The summed E-state index contributed by atoms with van der Waals surface area (Å²) in [5.74, 6) is -2.12. The van der Waals surface area contributed by atoms with E-state index in [2.05, 4.69) is 26.1 Å². The van der Waals surface area contributed by atoms with Crippen molar-refractivity contribution in [2.75, 3.05) is 6.54 Å². The van der Waals surface area contributed by atoms with Gasteiger partial charge in [-0.05, 0) is 29.5 Å². The number of nitrogens with one attached hydrogen (secondary N) is 1. The molecule has 0 saturated heterocycles. The first-order valence-electron chi connectivity index (χ1n) is 6.52. The molecular weight excluding hydrogens is 284 g/mol. The second-order valence-electron chi connectivity index (χ2n) is 6.09. The van der Waals surface area contributed by atoms with E-state index in [-0.39, 0.29) is 23.1 Å². The molecule has 20 heavy (non-hydrogen) atoms. The number of halogens is 3.